The largest absolute Gasteiger partial charge is 0.382 e. The highest BCUT2D eigenvalue weighted by molar-refractivity contribution is 9.10. The molecule has 6 nitrogen and oxygen atoms in total. The number of benzene rings is 1. The Morgan fingerprint density at radius 2 is 2.25 bits per heavy atom. The van der Waals surface area contributed by atoms with Gasteiger partial charge in [0.25, 0.3) is 5.69 Å². The summed E-state index contributed by atoms with van der Waals surface area (Å²) in [6.45, 7) is 0. The van der Waals surface area contributed by atoms with Gasteiger partial charge in [0.05, 0.1) is 10.6 Å². The second-order valence-electron chi connectivity index (χ2n) is 3.10. The van der Waals surface area contributed by atoms with Crippen LogP contribution in [0.2, 0.25) is 0 Å². The summed E-state index contributed by atoms with van der Waals surface area (Å²) < 4.78 is 0.406. The van der Waals surface area contributed by atoms with Gasteiger partial charge in [-0.25, -0.2) is 0 Å². The second kappa shape index (κ2) is 3.93. The molecule has 0 aliphatic heterocycles. The molecule has 0 saturated carbocycles. The van der Waals surface area contributed by atoms with E-state index < -0.39 is 4.92 Å². The SMILES string of the molecule is Nc1cc(-c2cccc([N+](=O)[O-])c2Br)[nH]n1. The number of aromatic amines is 1. The molecule has 0 radical (unpaired) electrons. The van der Waals surface area contributed by atoms with Gasteiger partial charge in [-0.05, 0) is 15.9 Å². The molecule has 0 amide bonds. The number of anilines is 1. The van der Waals surface area contributed by atoms with Gasteiger partial charge in [-0.1, -0.05) is 12.1 Å². The van der Waals surface area contributed by atoms with E-state index in [1.807, 2.05) is 0 Å². The molecule has 0 aliphatic rings. The molecule has 0 bridgehead atoms. The smallest absolute Gasteiger partial charge is 0.284 e. The monoisotopic (exact) mass is 282 g/mol. The third-order valence-corrected chi connectivity index (χ3v) is 2.90. The van der Waals surface area contributed by atoms with Crippen LogP contribution in [0.5, 0.6) is 0 Å². The van der Waals surface area contributed by atoms with Crippen LogP contribution in [0.1, 0.15) is 0 Å². The van der Waals surface area contributed by atoms with Crippen LogP contribution in [0.25, 0.3) is 11.3 Å². The van der Waals surface area contributed by atoms with Crippen LogP contribution in [0, 0.1) is 10.1 Å². The molecule has 1 aromatic heterocycles. The first-order chi connectivity index (χ1) is 7.59. The fourth-order valence-corrected chi connectivity index (χ4v) is 1.97. The lowest BCUT2D eigenvalue weighted by molar-refractivity contribution is -0.385. The van der Waals surface area contributed by atoms with E-state index in [0.717, 1.165) is 0 Å². The van der Waals surface area contributed by atoms with Crippen molar-refractivity contribution in [3.8, 4) is 11.3 Å². The van der Waals surface area contributed by atoms with E-state index in [1.165, 1.54) is 6.07 Å². The maximum absolute atomic E-state index is 10.7. The van der Waals surface area contributed by atoms with Crippen molar-refractivity contribution in [2.45, 2.75) is 0 Å². The summed E-state index contributed by atoms with van der Waals surface area (Å²) in [6.07, 6.45) is 0. The molecule has 3 N–H and O–H groups in total. The number of hydrogen-bond acceptors (Lipinski definition) is 4. The molecule has 0 spiro atoms. The maximum Gasteiger partial charge on any atom is 0.284 e. The molecule has 2 aromatic rings. The third-order valence-electron chi connectivity index (χ3n) is 2.06. The summed E-state index contributed by atoms with van der Waals surface area (Å²) in [5.41, 5.74) is 6.76. The number of nitrogen functional groups attached to an aromatic ring is 1. The minimum Gasteiger partial charge on any atom is -0.382 e. The minimum absolute atomic E-state index is 0.00525. The molecule has 16 heavy (non-hydrogen) atoms. The molecular formula is C9H7BrN4O2. The summed E-state index contributed by atoms with van der Waals surface area (Å²) in [5.74, 6) is 0.341. The van der Waals surface area contributed by atoms with Crippen LogP contribution in [0.4, 0.5) is 11.5 Å². The maximum atomic E-state index is 10.7. The first-order valence-electron chi connectivity index (χ1n) is 4.33. The summed E-state index contributed by atoms with van der Waals surface area (Å²) in [4.78, 5) is 10.3. The lowest BCUT2D eigenvalue weighted by Crippen LogP contribution is -1.91. The van der Waals surface area contributed by atoms with Crippen molar-refractivity contribution in [2.75, 3.05) is 5.73 Å². The predicted molar refractivity (Wildman–Crippen MR) is 62.8 cm³/mol. The van der Waals surface area contributed by atoms with Gasteiger partial charge in [-0.15, -0.1) is 0 Å². The zero-order valence-corrected chi connectivity index (χ0v) is 9.56. The highest BCUT2D eigenvalue weighted by Crippen LogP contribution is 2.34. The quantitative estimate of drug-likeness (QED) is 0.652. The van der Waals surface area contributed by atoms with Gasteiger partial charge in [-0.3, -0.25) is 15.2 Å². The Kier molecular flexibility index (Phi) is 2.61. The van der Waals surface area contributed by atoms with Crippen molar-refractivity contribution < 1.29 is 4.92 Å². The number of aromatic nitrogens is 2. The van der Waals surface area contributed by atoms with Crippen molar-refractivity contribution in [3.63, 3.8) is 0 Å². The fourth-order valence-electron chi connectivity index (χ4n) is 1.34. The summed E-state index contributed by atoms with van der Waals surface area (Å²) in [5, 5.41) is 17.2. The number of nitrogens with zero attached hydrogens (tertiary/aromatic N) is 2. The molecule has 0 atom stereocenters. The van der Waals surface area contributed by atoms with E-state index in [4.69, 9.17) is 5.73 Å². The van der Waals surface area contributed by atoms with Crippen LogP contribution >= 0.6 is 15.9 Å². The molecule has 0 aliphatic carbocycles. The third kappa shape index (κ3) is 1.76. The molecule has 0 fully saturated rings. The standard InChI is InChI=1S/C9H7BrN4O2/c10-9-5(6-4-8(11)13-12-6)2-1-3-7(9)14(15)16/h1-4H,(H3,11,12,13). The molecule has 2 rings (SSSR count). The molecule has 7 heteroatoms. The Labute approximate surface area is 98.7 Å². The lowest BCUT2D eigenvalue weighted by Gasteiger charge is -2.01. The number of nitro benzene ring substituents is 1. The van der Waals surface area contributed by atoms with Gasteiger partial charge in [-0.2, -0.15) is 5.10 Å². The van der Waals surface area contributed by atoms with Gasteiger partial charge in [0.2, 0.25) is 0 Å². The first kappa shape index (κ1) is 10.6. The van der Waals surface area contributed by atoms with Crippen molar-refractivity contribution in [1.29, 1.82) is 0 Å². The highest BCUT2D eigenvalue weighted by Gasteiger charge is 2.16. The lowest BCUT2D eigenvalue weighted by atomic mass is 10.1. The van der Waals surface area contributed by atoms with E-state index in [1.54, 1.807) is 18.2 Å². The second-order valence-corrected chi connectivity index (χ2v) is 3.90. The van der Waals surface area contributed by atoms with Crippen LogP contribution in [0.3, 0.4) is 0 Å². The first-order valence-corrected chi connectivity index (χ1v) is 5.13. The van der Waals surface area contributed by atoms with Crippen molar-refractivity contribution in [1.82, 2.24) is 10.2 Å². The van der Waals surface area contributed by atoms with E-state index in [9.17, 15) is 10.1 Å². The Balaban J connectivity index is 2.58. The zero-order valence-electron chi connectivity index (χ0n) is 7.98. The Morgan fingerprint density at radius 1 is 1.50 bits per heavy atom. The number of hydrogen-bond donors (Lipinski definition) is 2. The van der Waals surface area contributed by atoms with Crippen LogP contribution in [0.15, 0.2) is 28.7 Å². The molecule has 0 unspecified atom stereocenters. The van der Waals surface area contributed by atoms with Crippen LogP contribution < -0.4 is 5.73 Å². The molecular weight excluding hydrogens is 276 g/mol. The highest BCUT2D eigenvalue weighted by atomic mass is 79.9. The van der Waals surface area contributed by atoms with Gasteiger partial charge < -0.3 is 5.73 Å². The Hall–Kier alpha value is -1.89. The molecule has 1 aromatic carbocycles. The van der Waals surface area contributed by atoms with Crippen molar-refractivity contribution in [2.24, 2.45) is 0 Å². The van der Waals surface area contributed by atoms with E-state index in [-0.39, 0.29) is 5.69 Å². The normalized spacial score (nSPS) is 10.3. The van der Waals surface area contributed by atoms with Gasteiger partial charge in [0, 0.05) is 17.7 Å². The van der Waals surface area contributed by atoms with E-state index in [2.05, 4.69) is 26.1 Å². The number of halogens is 1. The Morgan fingerprint density at radius 3 is 2.81 bits per heavy atom. The molecule has 1 heterocycles. The fraction of sp³-hybridized carbons (Fsp3) is 0. The van der Waals surface area contributed by atoms with Gasteiger partial charge >= 0.3 is 0 Å². The van der Waals surface area contributed by atoms with Gasteiger partial charge in [0.1, 0.15) is 10.3 Å². The van der Waals surface area contributed by atoms with Crippen molar-refractivity contribution >= 4 is 27.4 Å². The molecule has 82 valence electrons. The Bertz CT molecular complexity index is 552. The van der Waals surface area contributed by atoms with Crippen molar-refractivity contribution in [3.05, 3.63) is 38.9 Å². The predicted octanol–water partition coefficient (Wildman–Crippen LogP) is 2.33. The zero-order chi connectivity index (χ0) is 11.7. The van der Waals surface area contributed by atoms with Crippen LogP contribution in [-0.4, -0.2) is 15.1 Å². The average Bonchev–Trinajstić information content (AvgIpc) is 2.64. The number of nitrogens with one attached hydrogen (secondary N) is 1. The molecule has 0 saturated heterocycles. The number of nitrogens with two attached hydrogens (primary N) is 1. The van der Waals surface area contributed by atoms with E-state index in [0.29, 0.717) is 21.5 Å². The summed E-state index contributed by atoms with van der Waals surface area (Å²) in [7, 11) is 0. The van der Waals surface area contributed by atoms with Gasteiger partial charge in [0.15, 0.2) is 0 Å². The number of rotatable bonds is 2. The number of H-pyrrole nitrogens is 1. The van der Waals surface area contributed by atoms with E-state index >= 15 is 0 Å². The summed E-state index contributed by atoms with van der Waals surface area (Å²) >= 11 is 3.20. The topological polar surface area (TPSA) is 97.8 Å². The number of nitro groups is 1. The summed E-state index contributed by atoms with van der Waals surface area (Å²) in [6, 6.07) is 6.39. The van der Waals surface area contributed by atoms with Crippen LogP contribution in [-0.2, 0) is 0 Å². The average molecular weight is 283 g/mol. The minimum atomic E-state index is -0.451.